The summed E-state index contributed by atoms with van der Waals surface area (Å²) in [4.78, 5) is 21.9. The Morgan fingerprint density at radius 3 is 2.53 bits per heavy atom. The number of hydrogen-bond donors (Lipinski definition) is 2. The van der Waals surface area contributed by atoms with Crippen LogP contribution in [0.25, 0.3) is 0 Å². The fourth-order valence-corrected chi connectivity index (χ4v) is 1.55. The lowest BCUT2D eigenvalue weighted by atomic mass is 10.1. The largest absolute Gasteiger partial charge is 0.481 e. The van der Waals surface area contributed by atoms with E-state index in [2.05, 4.69) is 5.32 Å². The molecule has 1 heterocycles. The first-order valence-corrected chi connectivity index (χ1v) is 5.70. The Labute approximate surface area is 99.8 Å². The molecular weight excluding hydrogens is 222 g/mol. The van der Waals surface area contributed by atoms with E-state index >= 15 is 0 Å². The lowest BCUT2D eigenvalue weighted by molar-refractivity contribution is -0.136. The number of carboxylic acids is 1. The molecule has 0 atom stereocenters. The van der Waals surface area contributed by atoms with Gasteiger partial charge in [0.05, 0.1) is 6.42 Å². The monoisotopic (exact) mass is 239 g/mol. The first-order chi connectivity index (χ1) is 8.08. The summed E-state index contributed by atoms with van der Waals surface area (Å²) in [7, 11) is 0. The zero-order valence-corrected chi connectivity index (χ0v) is 10.1. The summed E-state index contributed by atoms with van der Waals surface area (Å²) in [6.45, 7) is 4.07. The molecule has 94 valence electrons. The van der Waals surface area contributed by atoms with Crippen molar-refractivity contribution in [2.24, 2.45) is 0 Å². The number of aliphatic carboxylic acids is 1. The average Bonchev–Trinajstić information content (AvgIpc) is 2.71. The predicted molar refractivity (Wildman–Crippen MR) is 62.1 cm³/mol. The molecule has 0 saturated carbocycles. The zero-order valence-electron chi connectivity index (χ0n) is 10.1. The number of nitrogens with one attached hydrogen (secondary N) is 1. The number of amides is 1. The van der Waals surface area contributed by atoms with Gasteiger partial charge in [0.25, 0.3) is 5.91 Å². The summed E-state index contributed by atoms with van der Waals surface area (Å²) in [5.74, 6) is -0.228. The molecule has 0 unspecified atom stereocenters. The van der Waals surface area contributed by atoms with Crippen molar-refractivity contribution in [3.8, 4) is 0 Å². The third kappa shape index (κ3) is 3.62. The highest BCUT2D eigenvalue weighted by Crippen LogP contribution is 2.16. The summed E-state index contributed by atoms with van der Waals surface area (Å²) in [6, 6.07) is 1.72. The van der Waals surface area contributed by atoms with Crippen LogP contribution in [-0.2, 0) is 17.6 Å². The third-order valence-corrected chi connectivity index (χ3v) is 2.45. The van der Waals surface area contributed by atoms with Crippen molar-refractivity contribution in [1.29, 1.82) is 0 Å². The SMILES string of the molecule is CCc1cc(C(=O)NCCC(=O)O)oc1CC. The van der Waals surface area contributed by atoms with E-state index in [1.807, 2.05) is 13.8 Å². The van der Waals surface area contributed by atoms with Gasteiger partial charge in [-0.1, -0.05) is 13.8 Å². The average molecular weight is 239 g/mol. The second kappa shape index (κ2) is 6.08. The van der Waals surface area contributed by atoms with Crippen molar-refractivity contribution < 1.29 is 19.1 Å². The van der Waals surface area contributed by atoms with Gasteiger partial charge < -0.3 is 14.8 Å². The Hall–Kier alpha value is -1.78. The normalized spacial score (nSPS) is 10.2. The van der Waals surface area contributed by atoms with Gasteiger partial charge in [0.2, 0.25) is 0 Å². The minimum Gasteiger partial charge on any atom is -0.481 e. The van der Waals surface area contributed by atoms with Gasteiger partial charge in [-0.3, -0.25) is 9.59 Å². The van der Waals surface area contributed by atoms with Crippen molar-refractivity contribution in [1.82, 2.24) is 5.32 Å². The molecule has 0 bridgehead atoms. The van der Waals surface area contributed by atoms with Crippen LogP contribution in [0.4, 0.5) is 0 Å². The number of carbonyl (C=O) groups excluding carboxylic acids is 1. The molecule has 17 heavy (non-hydrogen) atoms. The quantitative estimate of drug-likeness (QED) is 0.790. The highest BCUT2D eigenvalue weighted by molar-refractivity contribution is 5.91. The van der Waals surface area contributed by atoms with E-state index in [4.69, 9.17) is 9.52 Å². The Morgan fingerprint density at radius 2 is 2.06 bits per heavy atom. The Kier molecular flexibility index (Phi) is 4.75. The fourth-order valence-electron chi connectivity index (χ4n) is 1.55. The van der Waals surface area contributed by atoms with Gasteiger partial charge in [0.15, 0.2) is 5.76 Å². The van der Waals surface area contributed by atoms with Crippen LogP contribution in [0.15, 0.2) is 10.5 Å². The number of hydrogen-bond acceptors (Lipinski definition) is 3. The fraction of sp³-hybridized carbons (Fsp3) is 0.500. The van der Waals surface area contributed by atoms with Crippen LogP contribution >= 0.6 is 0 Å². The van der Waals surface area contributed by atoms with E-state index < -0.39 is 5.97 Å². The Bertz CT molecular complexity index is 387. The van der Waals surface area contributed by atoms with Crippen LogP contribution in [0.2, 0.25) is 0 Å². The summed E-state index contributed by atoms with van der Waals surface area (Å²) in [5, 5.41) is 11.0. The van der Waals surface area contributed by atoms with E-state index in [0.717, 1.165) is 24.2 Å². The van der Waals surface area contributed by atoms with Crippen LogP contribution < -0.4 is 5.32 Å². The summed E-state index contributed by atoms with van der Waals surface area (Å²) >= 11 is 0. The lowest BCUT2D eigenvalue weighted by Crippen LogP contribution is -2.25. The Morgan fingerprint density at radius 1 is 1.35 bits per heavy atom. The van der Waals surface area contributed by atoms with Crippen LogP contribution in [0.3, 0.4) is 0 Å². The molecule has 0 spiro atoms. The van der Waals surface area contributed by atoms with Crippen molar-refractivity contribution in [2.75, 3.05) is 6.54 Å². The molecule has 0 aromatic carbocycles. The van der Waals surface area contributed by atoms with Crippen LogP contribution in [-0.4, -0.2) is 23.5 Å². The van der Waals surface area contributed by atoms with Gasteiger partial charge in [0.1, 0.15) is 5.76 Å². The van der Waals surface area contributed by atoms with Crippen molar-refractivity contribution >= 4 is 11.9 Å². The summed E-state index contributed by atoms with van der Waals surface area (Å²) in [6.07, 6.45) is 1.47. The molecule has 0 radical (unpaired) electrons. The molecule has 1 rings (SSSR count). The maximum Gasteiger partial charge on any atom is 0.305 e. The van der Waals surface area contributed by atoms with E-state index in [-0.39, 0.29) is 24.6 Å². The summed E-state index contributed by atoms with van der Waals surface area (Å²) < 4.78 is 5.41. The molecule has 2 N–H and O–H groups in total. The molecule has 0 aliphatic carbocycles. The second-order valence-corrected chi connectivity index (χ2v) is 3.67. The Balaban J connectivity index is 2.62. The second-order valence-electron chi connectivity index (χ2n) is 3.67. The molecule has 0 aliphatic heterocycles. The molecule has 1 amide bonds. The van der Waals surface area contributed by atoms with Crippen molar-refractivity contribution in [3.63, 3.8) is 0 Å². The molecular formula is C12H17NO4. The molecule has 1 aromatic heterocycles. The molecule has 5 nitrogen and oxygen atoms in total. The van der Waals surface area contributed by atoms with Gasteiger partial charge in [-0.2, -0.15) is 0 Å². The standard InChI is InChI=1S/C12H17NO4/c1-3-8-7-10(17-9(8)4-2)12(16)13-6-5-11(14)15/h7H,3-6H2,1-2H3,(H,13,16)(H,14,15). The van der Waals surface area contributed by atoms with Gasteiger partial charge in [-0.15, -0.1) is 0 Å². The molecule has 0 aliphatic rings. The number of carbonyl (C=O) groups is 2. The maximum absolute atomic E-state index is 11.6. The van der Waals surface area contributed by atoms with Crippen LogP contribution in [0, 0.1) is 0 Å². The maximum atomic E-state index is 11.6. The first-order valence-electron chi connectivity index (χ1n) is 5.70. The number of furan rings is 1. The molecule has 0 saturated heterocycles. The molecule has 5 heteroatoms. The highest BCUT2D eigenvalue weighted by Gasteiger charge is 2.14. The number of rotatable bonds is 6. The van der Waals surface area contributed by atoms with E-state index in [9.17, 15) is 9.59 Å². The van der Waals surface area contributed by atoms with Gasteiger partial charge in [0, 0.05) is 13.0 Å². The first kappa shape index (κ1) is 13.3. The van der Waals surface area contributed by atoms with Gasteiger partial charge in [-0.05, 0) is 18.1 Å². The lowest BCUT2D eigenvalue weighted by Gasteiger charge is -1.99. The molecule has 1 aromatic rings. The minimum atomic E-state index is -0.937. The van der Waals surface area contributed by atoms with Crippen LogP contribution in [0.1, 0.15) is 42.1 Å². The van der Waals surface area contributed by atoms with E-state index in [0.29, 0.717) is 0 Å². The zero-order chi connectivity index (χ0) is 12.8. The van der Waals surface area contributed by atoms with E-state index in [1.165, 1.54) is 0 Å². The number of carboxylic acid groups (broad SMARTS) is 1. The highest BCUT2D eigenvalue weighted by atomic mass is 16.4. The van der Waals surface area contributed by atoms with Gasteiger partial charge >= 0.3 is 5.97 Å². The molecule has 0 fully saturated rings. The smallest absolute Gasteiger partial charge is 0.305 e. The van der Waals surface area contributed by atoms with Crippen LogP contribution in [0.5, 0.6) is 0 Å². The topological polar surface area (TPSA) is 79.5 Å². The van der Waals surface area contributed by atoms with Gasteiger partial charge in [-0.25, -0.2) is 0 Å². The third-order valence-electron chi connectivity index (χ3n) is 2.45. The minimum absolute atomic E-state index is 0.0896. The van der Waals surface area contributed by atoms with Crippen molar-refractivity contribution in [2.45, 2.75) is 33.1 Å². The van der Waals surface area contributed by atoms with E-state index in [1.54, 1.807) is 6.07 Å². The predicted octanol–water partition coefficient (Wildman–Crippen LogP) is 1.61. The van der Waals surface area contributed by atoms with Crippen molar-refractivity contribution in [3.05, 3.63) is 23.2 Å². The summed E-state index contributed by atoms with van der Waals surface area (Å²) in [5.41, 5.74) is 1.02. The number of aryl methyl sites for hydroxylation is 2.